The lowest BCUT2D eigenvalue weighted by Gasteiger charge is -1.78. The van der Waals surface area contributed by atoms with Gasteiger partial charge in [-0.3, -0.25) is 4.79 Å². The molecule has 1 aromatic heterocycles. The molecule has 0 bridgehead atoms. The van der Waals surface area contributed by atoms with Gasteiger partial charge < -0.3 is 5.11 Å². The van der Waals surface area contributed by atoms with Crippen molar-refractivity contribution < 1.29 is 14.7 Å². The van der Waals surface area contributed by atoms with Gasteiger partial charge in [0.05, 0.1) is 0 Å². The van der Waals surface area contributed by atoms with Crippen molar-refractivity contribution in [2.24, 2.45) is 0 Å². The average molecular weight is 227 g/mol. The molecule has 0 aliphatic carbocycles. The van der Waals surface area contributed by atoms with Gasteiger partial charge in [0, 0.05) is 0 Å². The Morgan fingerprint density at radius 2 is 1.92 bits per heavy atom. The van der Waals surface area contributed by atoms with Crippen molar-refractivity contribution >= 4 is 45.2 Å². The Morgan fingerprint density at radius 3 is 2.08 bits per heavy atom. The molecule has 0 saturated heterocycles. The van der Waals surface area contributed by atoms with E-state index in [0.29, 0.717) is 4.88 Å². The molecule has 0 atom stereocenters. The zero-order valence-electron chi connectivity index (χ0n) is 5.66. The van der Waals surface area contributed by atoms with Gasteiger partial charge in [0.15, 0.2) is 0 Å². The van der Waals surface area contributed by atoms with Crippen LogP contribution in [-0.2, 0) is 0 Å². The molecule has 6 heteroatoms. The highest BCUT2D eigenvalue weighted by Crippen LogP contribution is 2.06. The lowest BCUT2D eigenvalue weighted by Crippen LogP contribution is -1.89. The van der Waals surface area contributed by atoms with E-state index >= 15 is 0 Å². The Balaban J connectivity index is 0.000000261. The fraction of sp³-hybridized carbons (Fsp3) is 0. The maximum atomic E-state index is 10.1. The third kappa shape index (κ3) is 6.15. The molecule has 0 amide bonds. The lowest BCUT2D eigenvalue weighted by molar-refractivity contribution is 0.0702. The molecule has 1 rings (SSSR count). The van der Waals surface area contributed by atoms with Crippen molar-refractivity contribution in [1.82, 2.24) is 0 Å². The quantitative estimate of drug-likeness (QED) is 0.750. The number of hydrogen-bond acceptors (Lipinski definition) is 3. The summed E-state index contributed by atoms with van der Waals surface area (Å²) < 4.78 is -0.889. The highest BCUT2D eigenvalue weighted by Gasteiger charge is 1.99. The molecular weight excluding hydrogens is 223 g/mol. The van der Waals surface area contributed by atoms with Gasteiger partial charge in [-0.15, -0.1) is 11.3 Å². The summed E-state index contributed by atoms with van der Waals surface area (Å²) in [5.41, 5.74) is 0. The normalized spacial score (nSPS) is 8.17. The van der Waals surface area contributed by atoms with Gasteiger partial charge in [0.1, 0.15) is 4.88 Å². The Morgan fingerprint density at radius 1 is 1.42 bits per heavy atom. The third-order valence-electron chi connectivity index (χ3n) is 0.732. The van der Waals surface area contributed by atoms with E-state index in [1.54, 1.807) is 17.5 Å². The monoisotopic (exact) mass is 226 g/mol. The molecule has 0 saturated carbocycles. The van der Waals surface area contributed by atoms with Crippen LogP contribution >= 0.6 is 34.5 Å². The summed E-state index contributed by atoms with van der Waals surface area (Å²) >= 11 is 10.0. The number of hydrogen-bond donors (Lipinski definition) is 1. The van der Waals surface area contributed by atoms with E-state index in [1.807, 2.05) is 0 Å². The molecule has 3 nitrogen and oxygen atoms in total. The minimum atomic E-state index is -0.889. The van der Waals surface area contributed by atoms with Crippen LogP contribution in [0.1, 0.15) is 9.67 Å². The van der Waals surface area contributed by atoms with Crippen LogP contribution < -0.4 is 0 Å². The molecular formula is C6H4Cl2O3S. The molecule has 0 radical (unpaired) electrons. The fourth-order valence-corrected chi connectivity index (χ4v) is 0.962. The largest absolute Gasteiger partial charge is 0.477 e. The number of thiophene rings is 1. The smallest absolute Gasteiger partial charge is 0.345 e. The van der Waals surface area contributed by atoms with E-state index in [-0.39, 0.29) is 0 Å². The maximum absolute atomic E-state index is 10.1. The van der Waals surface area contributed by atoms with Crippen molar-refractivity contribution in [3.05, 3.63) is 22.4 Å². The topological polar surface area (TPSA) is 54.4 Å². The number of carboxylic acids is 1. The summed E-state index contributed by atoms with van der Waals surface area (Å²) in [6.07, 6.45) is 0. The Kier molecular flexibility index (Phi) is 5.70. The Hall–Kier alpha value is -0.580. The molecule has 0 fully saturated rings. The van der Waals surface area contributed by atoms with Gasteiger partial charge in [-0.2, -0.15) is 0 Å². The van der Waals surface area contributed by atoms with Gasteiger partial charge in [-0.1, -0.05) is 6.07 Å². The van der Waals surface area contributed by atoms with Crippen LogP contribution in [0.15, 0.2) is 17.5 Å². The van der Waals surface area contributed by atoms with E-state index in [0.717, 1.165) is 0 Å². The molecule has 0 aromatic carbocycles. The SMILES string of the molecule is O=C(Cl)Cl.O=C(O)c1cccs1. The van der Waals surface area contributed by atoms with Crippen LogP contribution in [0, 0.1) is 0 Å². The van der Waals surface area contributed by atoms with Crippen LogP contribution in [0.2, 0.25) is 0 Å². The minimum absolute atomic E-state index is 0.394. The third-order valence-corrected chi connectivity index (χ3v) is 1.59. The van der Waals surface area contributed by atoms with E-state index < -0.39 is 10.7 Å². The molecule has 66 valence electrons. The van der Waals surface area contributed by atoms with Crippen LogP contribution in [0.25, 0.3) is 0 Å². The first-order chi connectivity index (χ1) is 5.54. The van der Waals surface area contributed by atoms with Gasteiger partial charge in [0.25, 0.3) is 0 Å². The molecule has 0 spiro atoms. The number of carbonyl (C=O) groups is 2. The number of aromatic carboxylic acids is 1. The van der Waals surface area contributed by atoms with Gasteiger partial charge in [-0.25, -0.2) is 4.79 Å². The number of halogens is 2. The second-order valence-corrected chi connectivity index (χ2v) is 3.34. The molecule has 1 N–H and O–H groups in total. The van der Waals surface area contributed by atoms with Crippen molar-refractivity contribution in [3.63, 3.8) is 0 Å². The molecule has 1 heterocycles. The highest BCUT2D eigenvalue weighted by molar-refractivity contribution is 7.11. The highest BCUT2D eigenvalue weighted by atomic mass is 35.5. The van der Waals surface area contributed by atoms with Gasteiger partial charge in [0.2, 0.25) is 0 Å². The first-order valence-electron chi connectivity index (χ1n) is 2.65. The molecule has 0 unspecified atom stereocenters. The van der Waals surface area contributed by atoms with E-state index in [2.05, 4.69) is 23.2 Å². The number of carboxylic acid groups (broad SMARTS) is 1. The van der Waals surface area contributed by atoms with Crippen molar-refractivity contribution in [3.8, 4) is 0 Å². The van der Waals surface area contributed by atoms with Gasteiger partial charge in [-0.05, 0) is 34.6 Å². The number of carbonyl (C=O) groups excluding carboxylic acids is 1. The fourth-order valence-electron chi connectivity index (χ4n) is 0.400. The standard InChI is InChI=1S/C5H4O2S.CCl2O/c6-5(7)4-2-1-3-8-4;2-1(3)4/h1-3H,(H,6,7);. The second-order valence-electron chi connectivity index (χ2n) is 1.51. The zero-order chi connectivity index (χ0) is 9.56. The van der Waals surface area contributed by atoms with Crippen LogP contribution in [-0.4, -0.2) is 15.8 Å². The molecule has 0 aliphatic heterocycles. The lowest BCUT2D eigenvalue weighted by atomic mass is 10.5. The first kappa shape index (κ1) is 11.4. The molecule has 1 aromatic rings. The number of rotatable bonds is 1. The summed E-state index contributed by atoms with van der Waals surface area (Å²) in [5, 5.41) is 10.0. The second kappa shape index (κ2) is 5.99. The first-order valence-corrected chi connectivity index (χ1v) is 4.29. The summed E-state index contributed by atoms with van der Waals surface area (Å²) in [6, 6.07) is 3.29. The average Bonchev–Trinajstić information content (AvgIpc) is 2.34. The predicted octanol–water partition coefficient (Wildman–Crippen LogP) is 3.03. The zero-order valence-corrected chi connectivity index (χ0v) is 7.99. The van der Waals surface area contributed by atoms with Crippen LogP contribution in [0.5, 0.6) is 0 Å². The van der Waals surface area contributed by atoms with Crippen molar-refractivity contribution in [2.75, 3.05) is 0 Å². The summed E-state index contributed by atoms with van der Waals surface area (Å²) in [7, 11) is 0. The minimum Gasteiger partial charge on any atom is -0.477 e. The Bertz CT molecular complexity index is 254. The maximum Gasteiger partial charge on any atom is 0.345 e. The predicted molar refractivity (Wildman–Crippen MR) is 48.4 cm³/mol. The van der Waals surface area contributed by atoms with Crippen molar-refractivity contribution in [1.29, 1.82) is 0 Å². The summed E-state index contributed by atoms with van der Waals surface area (Å²) in [5.74, 6) is -0.847. The summed E-state index contributed by atoms with van der Waals surface area (Å²) in [4.78, 5) is 19.4. The molecule has 12 heavy (non-hydrogen) atoms. The van der Waals surface area contributed by atoms with Crippen LogP contribution in [0.4, 0.5) is 4.79 Å². The van der Waals surface area contributed by atoms with Crippen LogP contribution in [0.3, 0.4) is 0 Å². The van der Waals surface area contributed by atoms with E-state index in [4.69, 9.17) is 9.90 Å². The van der Waals surface area contributed by atoms with Gasteiger partial charge >= 0.3 is 10.7 Å². The van der Waals surface area contributed by atoms with E-state index in [1.165, 1.54) is 11.3 Å². The Labute approximate surface area is 82.5 Å². The van der Waals surface area contributed by atoms with E-state index in [9.17, 15) is 4.79 Å². The van der Waals surface area contributed by atoms with Crippen molar-refractivity contribution in [2.45, 2.75) is 0 Å². The molecule has 0 aliphatic rings. The summed E-state index contributed by atoms with van der Waals surface area (Å²) in [6.45, 7) is 0.